The monoisotopic (exact) mass is 456 g/mol. The number of allylic oxidation sites excluding steroid dienone is 1. The number of aromatic nitrogens is 1. The average Bonchev–Trinajstić information content (AvgIpc) is 3.22. The Morgan fingerprint density at radius 3 is 2.62 bits per heavy atom. The molecule has 0 saturated carbocycles. The van der Waals surface area contributed by atoms with E-state index in [-0.39, 0.29) is 21.9 Å². The first-order chi connectivity index (χ1) is 15.4. The number of benzene rings is 2. The molecule has 0 saturated heterocycles. The molecule has 1 aromatic heterocycles. The van der Waals surface area contributed by atoms with Crippen LogP contribution in [0.5, 0.6) is 5.75 Å². The maximum atomic E-state index is 14.6. The van der Waals surface area contributed by atoms with E-state index in [1.807, 2.05) is 0 Å². The molecule has 3 N–H and O–H groups in total. The van der Waals surface area contributed by atoms with E-state index in [2.05, 4.69) is 10.3 Å². The zero-order valence-electron chi connectivity index (χ0n) is 18.0. The molecule has 0 atom stereocenters. The maximum absolute atomic E-state index is 14.6. The van der Waals surface area contributed by atoms with E-state index in [0.29, 0.717) is 23.2 Å². The number of nitrogens with zero attached hydrogens (tertiary/aromatic N) is 2. The Balaban J connectivity index is 2.28. The first-order valence-electron chi connectivity index (χ1n) is 9.76. The molecule has 0 unspecified atom stereocenters. The van der Waals surface area contributed by atoms with Crippen molar-refractivity contribution in [3.63, 3.8) is 0 Å². The fraction of sp³-hybridized carbons (Fsp3) is 0.174. The molecule has 32 heavy (non-hydrogen) atoms. The first kappa shape index (κ1) is 23.2. The number of hydrogen-bond acceptors (Lipinski definition) is 6. The van der Waals surface area contributed by atoms with Gasteiger partial charge in [0.1, 0.15) is 16.5 Å². The van der Waals surface area contributed by atoms with Gasteiger partial charge in [-0.05, 0) is 48.5 Å². The smallest absolute Gasteiger partial charge is 0.271 e. The molecule has 2 aromatic carbocycles. The molecular weight excluding hydrogens is 431 g/mol. The first-order valence-corrected chi connectivity index (χ1v) is 11.2. The third kappa shape index (κ3) is 4.44. The summed E-state index contributed by atoms with van der Waals surface area (Å²) in [5.41, 5.74) is 7.87. The van der Waals surface area contributed by atoms with Crippen LogP contribution < -0.4 is 15.8 Å². The second-order valence-electron chi connectivity index (χ2n) is 6.92. The van der Waals surface area contributed by atoms with Crippen LogP contribution in [0.25, 0.3) is 16.8 Å². The van der Waals surface area contributed by atoms with E-state index in [4.69, 9.17) is 10.5 Å². The number of nitrogens with one attached hydrogen (secondary N) is 1. The minimum Gasteiger partial charge on any atom is -0.495 e. The lowest BCUT2D eigenvalue weighted by Crippen LogP contribution is -2.15. The molecule has 9 heteroatoms. The van der Waals surface area contributed by atoms with Crippen molar-refractivity contribution in [3.8, 4) is 17.0 Å². The molecule has 0 radical (unpaired) electrons. The lowest BCUT2D eigenvalue weighted by atomic mass is 10.1. The van der Waals surface area contributed by atoms with Crippen molar-refractivity contribution in [1.82, 2.24) is 9.29 Å². The van der Waals surface area contributed by atoms with Crippen molar-refractivity contribution >= 4 is 21.8 Å². The number of hydrogen-bond donors (Lipinski definition) is 2. The maximum Gasteiger partial charge on any atom is 0.271 e. The minimum absolute atomic E-state index is 0.0782. The van der Waals surface area contributed by atoms with Gasteiger partial charge < -0.3 is 15.8 Å². The van der Waals surface area contributed by atoms with E-state index < -0.39 is 15.8 Å². The molecule has 0 aliphatic heterocycles. The summed E-state index contributed by atoms with van der Waals surface area (Å²) in [6.07, 6.45) is 4.35. The molecule has 0 fully saturated rings. The molecule has 0 spiro atoms. The second kappa shape index (κ2) is 9.80. The summed E-state index contributed by atoms with van der Waals surface area (Å²) in [5.74, 6) is -0.367. The fourth-order valence-electron chi connectivity index (χ4n) is 3.38. The van der Waals surface area contributed by atoms with Crippen molar-refractivity contribution in [3.05, 3.63) is 77.9 Å². The Morgan fingerprint density at radius 1 is 1.25 bits per heavy atom. The summed E-state index contributed by atoms with van der Waals surface area (Å²) in [6.45, 7) is 0.411. The molecule has 0 amide bonds. The van der Waals surface area contributed by atoms with Crippen molar-refractivity contribution in [2.75, 3.05) is 21.2 Å². The molecule has 0 aliphatic rings. The predicted octanol–water partition coefficient (Wildman–Crippen LogP) is 3.26. The van der Waals surface area contributed by atoms with Crippen LogP contribution in [0, 0.1) is 5.82 Å². The van der Waals surface area contributed by atoms with E-state index in [1.165, 1.54) is 37.9 Å². The van der Waals surface area contributed by atoms with Gasteiger partial charge in [-0.2, -0.15) is 0 Å². The summed E-state index contributed by atoms with van der Waals surface area (Å²) in [7, 11) is 0.560. The number of ether oxygens (including phenoxy) is 1. The fourth-order valence-corrected chi connectivity index (χ4v) is 4.96. The molecular formula is C23H25FN4O3S. The van der Waals surface area contributed by atoms with Crippen LogP contribution in [0.15, 0.2) is 70.8 Å². The number of nitrogens with two attached hydrogens (primary N) is 1. The van der Waals surface area contributed by atoms with Crippen molar-refractivity contribution in [2.24, 2.45) is 10.7 Å². The number of rotatable bonds is 8. The van der Waals surface area contributed by atoms with Crippen LogP contribution in [-0.4, -0.2) is 39.8 Å². The average molecular weight is 457 g/mol. The van der Waals surface area contributed by atoms with Gasteiger partial charge in [0, 0.05) is 43.3 Å². The van der Waals surface area contributed by atoms with Crippen LogP contribution in [-0.2, 0) is 16.6 Å². The lowest BCUT2D eigenvalue weighted by molar-refractivity contribution is 0.402. The highest BCUT2D eigenvalue weighted by Gasteiger charge is 2.27. The molecule has 168 valence electrons. The van der Waals surface area contributed by atoms with Gasteiger partial charge in [0.15, 0.2) is 0 Å². The summed E-state index contributed by atoms with van der Waals surface area (Å²) in [5, 5.41) is 2.99. The van der Waals surface area contributed by atoms with Crippen LogP contribution >= 0.6 is 0 Å². The van der Waals surface area contributed by atoms with Gasteiger partial charge >= 0.3 is 0 Å². The van der Waals surface area contributed by atoms with E-state index in [9.17, 15) is 12.8 Å². The van der Waals surface area contributed by atoms with E-state index in [0.717, 1.165) is 3.97 Å². The highest BCUT2D eigenvalue weighted by atomic mass is 32.2. The molecule has 3 rings (SSSR count). The summed E-state index contributed by atoms with van der Waals surface area (Å²) < 4.78 is 48.7. The Hall–Kier alpha value is -3.43. The van der Waals surface area contributed by atoms with Crippen molar-refractivity contribution in [2.45, 2.75) is 11.4 Å². The van der Waals surface area contributed by atoms with Gasteiger partial charge in [-0.25, -0.2) is 16.8 Å². The third-order valence-electron chi connectivity index (χ3n) is 4.85. The zero-order chi connectivity index (χ0) is 23.3. The normalized spacial score (nSPS) is 12.4. The Morgan fingerprint density at radius 2 is 2.00 bits per heavy atom. The SMILES string of the molecule is CN=CC(=CN)c1ccc(OC)c(S(=O)(=O)n2cc(CNC)cc2-c2ccccc2F)c1. The van der Waals surface area contributed by atoms with Gasteiger partial charge in [0.2, 0.25) is 0 Å². The third-order valence-corrected chi connectivity index (χ3v) is 6.55. The topological polar surface area (TPSA) is 98.7 Å². The van der Waals surface area contributed by atoms with E-state index >= 15 is 0 Å². The Kier molecular flexibility index (Phi) is 7.12. The van der Waals surface area contributed by atoms with E-state index in [1.54, 1.807) is 50.5 Å². The van der Waals surface area contributed by atoms with Crippen LogP contribution in [0.1, 0.15) is 11.1 Å². The standard InChI is InChI=1S/C23H25FN4O3S/c1-26-13-16-10-21(19-6-4-5-7-20(19)24)28(15-16)32(29,30)23-11-17(8-9-22(23)31-3)18(12-25)14-27-2/h4-12,14-15,26H,13,25H2,1-3H3. The van der Waals surface area contributed by atoms with Gasteiger partial charge in [-0.15, -0.1) is 0 Å². The number of aliphatic imine (C=N–C) groups is 1. The van der Waals surface area contributed by atoms with Crippen LogP contribution in [0.2, 0.25) is 0 Å². The Bertz CT molecular complexity index is 1280. The summed E-state index contributed by atoms with van der Waals surface area (Å²) in [6, 6.07) is 12.4. The van der Waals surface area contributed by atoms with Crippen LogP contribution in [0.3, 0.4) is 0 Å². The number of halogens is 1. The molecule has 0 bridgehead atoms. The van der Waals surface area contributed by atoms with Gasteiger partial charge in [-0.1, -0.05) is 18.2 Å². The summed E-state index contributed by atoms with van der Waals surface area (Å²) in [4.78, 5) is 3.88. The highest BCUT2D eigenvalue weighted by Crippen LogP contribution is 2.33. The van der Waals surface area contributed by atoms with Crippen molar-refractivity contribution in [1.29, 1.82) is 0 Å². The molecule has 0 aliphatic carbocycles. The summed E-state index contributed by atoms with van der Waals surface area (Å²) >= 11 is 0. The number of methoxy groups -OCH3 is 1. The molecule has 3 aromatic rings. The second-order valence-corrected chi connectivity index (χ2v) is 8.70. The minimum atomic E-state index is -4.17. The molecule has 1 heterocycles. The quantitative estimate of drug-likeness (QED) is 0.507. The van der Waals surface area contributed by atoms with Crippen molar-refractivity contribution < 1.29 is 17.5 Å². The van der Waals surface area contributed by atoms with Gasteiger partial charge in [0.25, 0.3) is 10.0 Å². The van der Waals surface area contributed by atoms with Gasteiger partial charge in [0.05, 0.1) is 12.8 Å². The zero-order valence-corrected chi connectivity index (χ0v) is 18.9. The largest absolute Gasteiger partial charge is 0.495 e. The predicted molar refractivity (Wildman–Crippen MR) is 125 cm³/mol. The lowest BCUT2D eigenvalue weighted by Gasteiger charge is -2.15. The Labute approximate surface area is 187 Å². The van der Waals surface area contributed by atoms with Gasteiger partial charge in [-0.3, -0.25) is 4.99 Å². The highest BCUT2D eigenvalue weighted by molar-refractivity contribution is 7.90. The molecule has 7 nitrogen and oxygen atoms in total. The van der Waals surface area contributed by atoms with Crippen LogP contribution in [0.4, 0.5) is 4.39 Å².